The highest BCUT2D eigenvalue weighted by molar-refractivity contribution is 7.18. The fourth-order valence-electron chi connectivity index (χ4n) is 3.13. The topological polar surface area (TPSA) is 70.7 Å². The molecule has 2 heterocycles. The van der Waals surface area contributed by atoms with Crippen molar-refractivity contribution in [2.75, 3.05) is 6.54 Å². The van der Waals surface area contributed by atoms with E-state index in [0.29, 0.717) is 11.6 Å². The van der Waals surface area contributed by atoms with Crippen molar-refractivity contribution in [2.45, 2.75) is 12.8 Å². The average molecular weight is 374 g/mol. The second kappa shape index (κ2) is 6.63. The zero-order valence-corrected chi connectivity index (χ0v) is 15.4. The molecule has 0 aliphatic heterocycles. The van der Waals surface area contributed by atoms with Crippen LogP contribution in [0.1, 0.15) is 23.3 Å². The molecule has 27 heavy (non-hydrogen) atoms. The number of carbonyl (C=O) groups is 1. The number of amides is 1. The number of aromatic amines is 1. The summed E-state index contributed by atoms with van der Waals surface area (Å²) in [7, 11) is 0. The van der Waals surface area contributed by atoms with E-state index in [2.05, 4.69) is 15.5 Å². The van der Waals surface area contributed by atoms with Crippen LogP contribution in [0.2, 0.25) is 0 Å². The molecule has 1 aliphatic rings. The van der Waals surface area contributed by atoms with Gasteiger partial charge in [0, 0.05) is 11.9 Å². The highest BCUT2D eigenvalue weighted by Gasteiger charge is 2.25. The largest absolute Gasteiger partial charge is 0.350 e. The molecule has 1 amide bonds. The molecular formula is C21H18N4OS. The first kappa shape index (κ1) is 16.2. The molecule has 0 spiro atoms. The lowest BCUT2D eigenvalue weighted by atomic mass is 10.1. The van der Waals surface area contributed by atoms with Crippen LogP contribution in [0.25, 0.3) is 32.0 Å². The zero-order chi connectivity index (χ0) is 18.2. The minimum absolute atomic E-state index is 0.108. The van der Waals surface area contributed by atoms with E-state index < -0.39 is 0 Å². The average Bonchev–Trinajstić information content (AvgIpc) is 3.28. The molecule has 0 saturated heterocycles. The standard InChI is InChI=1S/C21H18N4OS/c26-20(22-12-13-10-11-13)18-19(14-6-2-1-3-7-14)27-21(23-18)17-15-8-4-5-9-16(15)24-25-17/h1-9,13H,10-12H2,(H,22,26)(H,24,25). The number of rotatable bonds is 5. The Morgan fingerprint density at radius 2 is 1.89 bits per heavy atom. The number of hydrogen-bond acceptors (Lipinski definition) is 4. The first-order chi connectivity index (χ1) is 13.3. The lowest BCUT2D eigenvalue weighted by Gasteiger charge is -2.04. The number of fused-ring (bicyclic) bond motifs is 1. The number of benzene rings is 2. The normalized spacial score (nSPS) is 13.8. The molecule has 5 nitrogen and oxygen atoms in total. The monoisotopic (exact) mass is 374 g/mol. The van der Waals surface area contributed by atoms with Gasteiger partial charge < -0.3 is 5.32 Å². The number of hydrogen-bond donors (Lipinski definition) is 2. The molecule has 134 valence electrons. The Balaban J connectivity index is 1.59. The summed E-state index contributed by atoms with van der Waals surface area (Å²) in [6.07, 6.45) is 2.40. The fourth-order valence-corrected chi connectivity index (χ4v) is 4.20. The van der Waals surface area contributed by atoms with Crippen LogP contribution in [0.5, 0.6) is 0 Å². The van der Waals surface area contributed by atoms with E-state index in [1.165, 1.54) is 24.2 Å². The van der Waals surface area contributed by atoms with E-state index in [1.54, 1.807) is 0 Å². The number of aromatic nitrogens is 3. The maximum absolute atomic E-state index is 12.8. The van der Waals surface area contributed by atoms with E-state index in [9.17, 15) is 4.79 Å². The van der Waals surface area contributed by atoms with Crippen LogP contribution in [0.3, 0.4) is 0 Å². The third kappa shape index (κ3) is 3.13. The molecule has 5 rings (SSSR count). The van der Waals surface area contributed by atoms with Crippen molar-refractivity contribution in [1.29, 1.82) is 0 Å². The minimum atomic E-state index is -0.108. The van der Waals surface area contributed by atoms with Crippen LogP contribution in [-0.4, -0.2) is 27.6 Å². The van der Waals surface area contributed by atoms with Crippen molar-refractivity contribution in [2.24, 2.45) is 5.92 Å². The highest BCUT2D eigenvalue weighted by Crippen LogP contribution is 2.37. The smallest absolute Gasteiger partial charge is 0.271 e. The Hall–Kier alpha value is -2.99. The summed E-state index contributed by atoms with van der Waals surface area (Å²) in [6, 6.07) is 17.9. The van der Waals surface area contributed by atoms with Crippen molar-refractivity contribution < 1.29 is 4.79 Å². The first-order valence-corrected chi connectivity index (χ1v) is 9.89. The Morgan fingerprint density at radius 1 is 1.11 bits per heavy atom. The van der Waals surface area contributed by atoms with Crippen LogP contribution >= 0.6 is 11.3 Å². The summed E-state index contributed by atoms with van der Waals surface area (Å²) in [6.45, 7) is 0.727. The summed E-state index contributed by atoms with van der Waals surface area (Å²) in [5.74, 6) is 0.519. The molecule has 0 bridgehead atoms. The Bertz CT molecular complexity index is 1110. The van der Waals surface area contributed by atoms with E-state index in [1.807, 2.05) is 54.6 Å². The molecule has 0 unspecified atom stereocenters. The van der Waals surface area contributed by atoms with Crippen molar-refractivity contribution in [3.05, 3.63) is 60.3 Å². The van der Waals surface area contributed by atoms with E-state index in [4.69, 9.17) is 4.98 Å². The van der Waals surface area contributed by atoms with Gasteiger partial charge in [0.15, 0.2) is 0 Å². The van der Waals surface area contributed by atoms with Gasteiger partial charge in [-0.1, -0.05) is 48.5 Å². The van der Waals surface area contributed by atoms with Gasteiger partial charge in [-0.3, -0.25) is 9.89 Å². The van der Waals surface area contributed by atoms with Gasteiger partial charge in [-0.15, -0.1) is 11.3 Å². The Morgan fingerprint density at radius 3 is 2.70 bits per heavy atom. The van der Waals surface area contributed by atoms with E-state index >= 15 is 0 Å². The maximum Gasteiger partial charge on any atom is 0.271 e. The maximum atomic E-state index is 12.8. The molecule has 2 aromatic heterocycles. The number of H-pyrrole nitrogens is 1. The Kier molecular flexibility index (Phi) is 3.98. The van der Waals surface area contributed by atoms with E-state index in [-0.39, 0.29) is 5.91 Å². The molecule has 1 fully saturated rings. The lowest BCUT2D eigenvalue weighted by Crippen LogP contribution is -2.26. The summed E-state index contributed by atoms with van der Waals surface area (Å²) in [4.78, 5) is 18.4. The molecule has 4 aromatic rings. The minimum Gasteiger partial charge on any atom is -0.350 e. The third-order valence-electron chi connectivity index (χ3n) is 4.80. The quantitative estimate of drug-likeness (QED) is 0.540. The van der Waals surface area contributed by atoms with Gasteiger partial charge in [-0.2, -0.15) is 5.10 Å². The summed E-state index contributed by atoms with van der Waals surface area (Å²) in [5.41, 5.74) is 3.23. The number of nitrogens with zero attached hydrogens (tertiary/aromatic N) is 2. The molecule has 0 radical (unpaired) electrons. The molecular weight excluding hydrogens is 356 g/mol. The fraction of sp³-hybridized carbons (Fsp3) is 0.190. The zero-order valence-electron chi connectivity index (χ0n) is 14.6. The third-order valence-corrected chi connectivity index (χ3v) is 5.91. The number of carbonyl (C=O) groups excluding carboxylic acids is 1. The van der Waals surface area contributed by atoms with Gasteiger partial charge in [0.05, 0.1) is 10.4 Å². The van der Waals surface area contributed by atoms with Crippen LogP contribution < -0.4 is 5.32 Å². The summed E-state index contributed by atoms with van der Waals surface area (Å²) < 4.78 is 0. The summed E-state index contributed by atoms with van der Waals surface area (Å²) in [5, 5.41) is 12.3. The molecule has 2 aromatic carbocycles. The highest BCUT2D eigenvalue weighted by atomic mass is 32.1. The molecule has 6 heteroatoms. The Labute approximate surface area is 160 Å². The number of para-hydroxylation sites is 1. The van der Waals surface area contributed by atoms with Crippen molar-refractivity contribution in [1.82, 2.24) is 20.5 Å². The molecule has 0 atom stereocenters. The van der Waals surface area contributed by atoms with Crippen molar-refractivity contribution in [3.63, 3.8) is 0 Å². The van der Waals surface area contributed by atoms with Crippen molar-refractivity contribution >= 4 is 28.1 Å². The van der Waals surface area contributed by atoms with Crippen LogP contribution in [0.4, 0.5) is 0 Å². The second-order valence-corrected chi connectivity index (χ2v) is 7.83. The van der Waals surface area contributed by atoms with Crippen molar-refractivity contribution in [3.8, 4) is 21.1 Å². The van der Waals surface area contributed by atoms with Gasteiger partial charge >= 0.3 is 0 Å². The van der Waals surface area contributed by atoms with Gasteiger partial charge in [-0.05, 0) is 30.4 Å². The van der Waals surface area contributed by atoms with Gasteiger partial charge in [0.2, 0.25) is 0 Å². The molecule has 1 saturated carbocycles. The van der Waals surface area contributed by atoms with E-state index in [0.717, 1.165) is 38.6 Å². The molecule has 1 aliphatic carbocycles. The van der Waals surface area contributed by atoms with Gasteiger partial charge in [-0.25, -0.2) is 4.98 Å². The van der Waals surface area contributed by atoms with Crippen LogP contribution in [0.15, 0.2) is 54.6 Å². The predicted octanol–water partition coefficient (Wildman–Crippen LogP) is 4.49. The SMILES string of the molecule is O=C(NCC1CC1)c1nc(-c2n[nH]c3ccccc23)sc1-c1ccccc1. The van der Waals surface area contributed by atoms with Crippen LogP contribution in [0, 0.1) is 5.92 Å². The first-order valence-electron chi connectivity index (χ1n) is 9.07. The van der Waals surface area contributed by atoms with Gasteiger partial charge in [0.1, 0.15) is 16.4 Å². The molecule has 2 N–H and O–H groups in total. The lowest BCUT2D eigenvalue weighted by molar-refractivity contribution is 0.0948. The van der Waals surface area contributed by atoms with Crippen LogP contribution in [-0.2, 0) is 0 Å². The predicted molar refractivity (Wildman–Crippen MR) is 108 cm³/mol. The summed E-state index contributed by atoms with van der Waals surface area (Å²) >= 11 is 1.51. The van der Waals surface area contributed by atoms with Gasteiger partial charge in [0.25, 0.3) is 5.91 Å². The number of nitrogens with one attached hydrogen (secondary N) is 2. The number of thiazole rings is 1. The second-order valence-electron chi connectivity index (χ2n) is 6.83.